The molecule has 5 heteroatoms. The molecule has 0 radical (unpaired) electrons. The topological polar surface area (TPSA) is 65.5 Å². The molecule has 2 aliphatic heterocycles. The van der Waals surface area contributed by atoms with E-state index in [1.165, 1.54) is 0 Å². The number of amides is 1. The average molecular weight is 297 g/mol. The van der Waals surface area contributed by atoms with Crippen LogP contribution in [0.4, 0.5) is 5.82 Å². The third-order valence-electron chi connectivity index (χ3n) is 4.89. The summed E-state index contributed by atoms with van der Waals surface area (Å²) >= 11 is 0. The minimum Gasteiger partial charge on any atom is -0.392 e. The Morgan fingerprint density at radius 3 is 3.05 bits per heavy atom. The highest BCUT2D eigenvalue weighted by atomic mass is 16.3. The zero-order valence-corrected chi connectivity index (χ0v) is 12.5. The number of nitrogens with zero attached hydrogens (tertiary/aromatic N) is 2. The van der Waals surface area contributed by atoms with Crippen LogP contribution < -0.4 is 10.2 Å². The van der Waals surface area contributed by atoms with Crippen LogP contribution in [0.1, 0.15) is 11.1 Å². The Balaban J connectivity index is 1.78. The number of carbonyl (C=O) groups excluding carboxylic acids is 1. The van der Waals surface area contributed by atoms with E-state index in [-0.39, 0.29) is 18.4 Å². The van der Waals surface area contributed by atoms with E-state index in [4.69, 9.17) is 4.98 Å². The van der Waals surface area contributed by atoms with Gasteiger partial charge in [0.05, 0.1) is 18.0 Å². The molecule has 0 aliphatic carbocycles. The van der Waals surface area contributed by atoms with Crippen molar-refractivity contribution in [2.45, 2.75) is 13.5 Å². The first kappa shape index (κ1) is 13.5. The highest BCUT2D eigenvalue weighted by Crippen LogP contribution is 2.33. The largest absolute Gasteiger partial charge is 0.392 e. The molecule has 2 N–H and O–H groups in total. The second-order valence-corrected chi connectivity index (χ2v) is 6.29. The number of aromatic nitrogens is 1. The predicted octanol–water partition coefficient (Wildman–Crippen LogP) is 1.22. The molecule has 2 saturated heterocycles. The quantitative estimate of drug-likeness (QED) is 0.875. The van der Waals surface area contributed by atoms with E-state index >= 15 is 0 Å². The monoisotopic (exact) mass is 297 g/mol. The Hall–Kier alpha value is -2.14. The second-order valence-electron chi connectivity index (χ2n) is 6.29. The summed E-state index contributed by atoms with van der Waals surface area (Å²) in [6.07, 6.45) is 0. The molecule has 0 bridgehead atoms. The summed E-state index contributed by atoms with van der Waals surface area (Å²) in [5.74, 6) is 1.39. The van der Waals surface area contributed by atoms with Crippen molar-refractivity contribution in [3.05, 3.63) is 35.4 Å². The molecule has 0 saturated carbocycles. The molecule has 3 heterocycles. The smallest absolute Gasteiger partial charge is 0.225 e. The van der Waals surface area contributed by atoms with Gasteiger partial charge in [-0.1, -0.05) is 18.2 Å². The van der Waals surface area contributed by atoms with Crippen LogP contribution in [-0.2, 0) is 11.4 Å². The number of pyridine rings is 1. The molecule has 5 nitrogen and oxygen atoms in total. The van der Waals surface area contributed by atoms with Crippen molar-refractivity contribution in [1.82, 2.24) is 10.3 Å². The molecule has 0 spiro atoms. The summed E-state index contributed by atoms with van der Waals surface area (Å²) in [4.78, 5) is 18.8. The molecule has 2 atom stereocenters. The fourth-order valence-corrected chi connectivity index (χ4v) is 3.68. The summed E-state index contributed by atoms with van der Waals surface area (Å²) in [5.41, 5.74) is 2.93. The Morgan fingerprint density at radius 2 is 2.27 bits per heavy atom. The maximum atomic E-state index is 11.8. The fourth-order valence-electron chi connectivity index (χ4n) is 3.68. The number of para-hydroxylation sites is 1. The Labute approximate surface area is 129 Å². The number of hydrogen-bond acceptors (Lipinski definition) is 4. The van der Waals surface area contributed by atoms with E-state index < -0.39 is 0 Å². The Kier molecular flexibility index (Phi) is 3.04. The molecular formula is C17H19N3O2. The predicted molar refractivity (Wildman–Crippen MR) is 84.6 cm³/mol. The van der Waals surface area contributed by atoms with Crippen LogP contribution in [-0.4, -0.2) is 35.6 Å². The van der Waals surface area contributed by atoms with Gasteiger partial charge in [0, 0.05) is 36.5 Å². The van der Waals surface area contributed by atoms with Crippen molar-refractivity contribution < 1.29 is 9.90 Å². The molecule has 2 aromatic rings. The molecule has 4 rings (SSSR count). The van der Waals surface area contributed by atoms with Crippen LogP contribution in [0.2, 0.25) is 0 Å². The van der Waals surface area contributed by atoms with Crippen molar-refractivity contribution in [2.24, 2.45) is 11.8 Å². The van der Waals surface area contributed by atoms with Crippen molar-refractivity contribution in [1.29, 1.82) is 0 Å². The summed E-state index contributed by atoms with van der Waals surface area (Å²) in [7, 11) is 0. The van der Waals surface area contributed by atoms with E-state index in [1.807, 2.05) is 31.2 Å². The number of carbonyl (C=O) groups is 1. The molecule has 22 heavy (non-hydrogen) atoms. The maximum Gasteiger partial charge on any atom is 0.225 e. The molecule has 1 aromatic carbocycles. The zero-order valence-electron chi connectivity index (χ0n) is 12.5. The maximum absolute atomic E-state index is 11.8. The first-order valence-corrected chi connectivity index (χ1v) is 7.70. The standard InChI is InChI=1S/C17H19N3O2/c1-10-3-2-4-11-5-12(9-21)16(19-15(10)11)20-7-13-6-18-17(22)14(13)8-20/h2-5,13-14,21H,6-9H2,1H3,(H,18,22)/t13-,14+/m0/s1. The van der Waals surface area contributed by atoms with Crippen LogP contribution in [0.25, 0.3) is 10.9 Å². The number of aliphatic hydroxyl groups is 1. The summed E-state index contributed by atoms with van der Waals surface area (Å²) in [5, 5.41) is 13.7. The highest BCUT2D eigenvalue weighted by molar-refractivity contribution is 5.86. The van der Waals surface area contributed by atoms with Gasteiger partial charge in [-0.25, -0.2) is 4.98 Å². The van der Waals surface area contributed by atoms with Crippen LogP contribution in [0.15, 0.2) is 24.3 Å². The van der Waals surface area contributed by atoms with Crippen molar-refractivity contribution >= 4 is 22.6 Å². The van der Waals surface area contributed by atoms with Gasteiger partial charge >= 0.3 is 0 Å². The first-order valence-electron chi connectivity index (χ1n) is 7.70. The van der Waals surface area contributed by atoms with Gasteiger partial charge in [0.25, 0.3) is 0 Å². The highest BCUT2D eigenvalue weighted by Gasteiger charge is 2.42. The first-order chi connectivity index (χ1) is 10.7. The second kappa shape index (κ2) is 4.95. The van der Waals surface area contributed by atoms with Gasteiger partial charge in [-0.3, -0.25) is 4.79 Å². The van der Waals surface area contributed by atoms with Crippen molar-refractivity contribution in [3.63, 3.8) is 0 Å². The summed E-state index contributed by atoms with van der Waals surface area (Å²) < 4.78 is 0. The number of nitrogens with one attached hydrogen (secondary N) is 1. The lowest BCUT2D eigenvalue weighted by atomic mass is 10.0. The van der Waals surface area contributed by atoms with E-state index in [2.05, 4.69) is 10.2 Å². The molecule has 1 amide bonds. The number of aliphatic hydroxyl groups excluding tert-OH is 1. The van der Waals surface area contributed by atoms with Crippen molar-refractivity contribution in [2.75, 3.05) is 24.5 Å². The van der Waals surface area contributed by atoms with E-state index in [9.17, 15) is 9.90 Å². The lowest BCUT2D eigenvalue weighted by molar-refractivity contribution is -0.122. The van der Waals surface area contributed by atoms with E-state index in [1.54, 1.807) is 0 Å². The number of benzene rings is 1. The van der Waals surface area contributed by atoms with Crippen LogP contribution in [0.5, 0.6) is 0 Å². The Morgan fingerprint density at radius 1 is 1.41 bits per heavy atom. The minimum absolute atomic E-state index is 0.0375. The number of fused-ring (bicyclic) bond motifs is 2. The van der Waals surface area contributed by atoms with Gasteiger partial charge in [0.2, 0.25) is 5.91 Å². The van der Waals surface area contributed by atoms with Gasteiger partial charge in [0.15, 0.2) is 0 Å². The SMILES string of the molecule is Cc1cccc2cc(CO)c(N3C[C@@H]4CNC(=O)[C@@H]4C3)nc12. The third-order valence-corrected chi connectivity index (χ3v) is 4.89. The molecule has 2 aliphatic rings. The summed E-state index contributed by atoms with van der Waals surface area (Å²) in [6.45, 7) is 4.27. The van der Waals surface area contributed by atoms with Gasteiger partial charge in [-0.2, -0.15) is 0 Å². The molecule has 114 valence electrons. The zero-order chi connectivity index (χ0) is 15.3. The van der Waals surface area contributed by atoms with E-state index in [0.29, 0.717) is 12.5 Å². The fraction of sp³-hybridized carbons (Fsp3) is 0.412. The number of rotatable bonds is 2. The average Bonchev–Trinajstić information content (AvgIpc) is 3.09. The van der Waals surface area contributed by atoms with Gasteiger partial charge in [-0.05, 0) is 18.6 Å². The van der Waals surface area contributed by atoms with Gasteiger partial charge in [-0.15, -0.1) is 0 Å². The third kappa shape index (κ3) is 1.96. The van der Waals surface area contributed by atoms with Crippen LogP contribution in [0.3, 0.4) is 0 Å². The molecule has 0 unspecified atom stereocenters. The van der Waals surface area contributed by atoms with E-state index in [0.717, 1.165) is 40.9 Å². The normalized spacial score (nSPS) is 23.9. The van der Waals surface area contributed by atoms with Gasteiger partial charge in [0.1, 0.15) is 5.82 Å². The number of anilines is 1. The lowest BCUT2D eigenvalue weighted by Gasteiger charge is -2.22. The molecule has 2 fully saturated rings. The number of hydrogen-bond donors (Lipinski definition) is 2. The molecular weight excluding hydrogens is 278 g/mol. The van der Waals surface area contributed by atoms with Crippen LogP contribution >= 0.6 is 0 Å². The molecule has 1 aromatic heterocycles. The summed E-state index contributed by atoms with van der Waals surface area (Å²) in [6, 6.07) is 8.08. The van der Waals surface area contributed by atoms with Crippen LogP contribution in [0, 0.1) is 18.8 Å². The van der Waals surface area contributed by atoms with Crippen molar-refractivity contribution in [3.8, 4) is 0 Å². The lowest BCUT2D eigenvalue weighted by Crippen LogP contribution is -2.29. The van der Waals surface area contributed by atoms with Gasteiger partial charge < -0.3 is 15.3 Å². The Bertz CT molecular complexity index is 759. The number of aryl methyl sites for hydroxylation is 1. The minimum atomic E-state index is -0.0375.